The standard InChI is InChI=1S/C44H53N10O7PS/c1-29(2)41(56)49-43-48-40-39(42(57)50-43)47-28-54(40)38-24-34(35(25-55)61-38)52-62(63,58-22-14-21-45)59-26-36-33(23-37(60-36)46-27-53(3)4)51-44(30-15-8-5-9-16-30,31-17-10-6-11-18-31)32-19-12-7-13-20-32/h5-13,15-20,27-29,33-38,51,55H,14,22-26H2,1-4H3,(H,52,63)(H2,48,49,50,56,57)/b46-27-. The van der Waals surface area contributed by atoms with Crippen LogP contribution in [0, 0.1) is 17.2 Å². The molecule has 7 unspecified atom stereocenters. The molecule has 2 aromatic heterocycles. The molecule has 19 heteroatoms. The lowest BCUT2D eigenvalue weighted by Gasteiger charge is -2.40. The van der Waals surface area contributed by atoms with Gasteiger partial charge in [0.2, 0.25) is 11.9 Å². The number of carbonyl (C=O) groups is 1. The zero-order chi connectivity index (χ0) is 44.6. The molecule has 17 nitrogen and oxygen atoms in total. The van der Waals surface area contributed by atoms with Crippen molar-refractivity contribution < 1.29 is 28.4 Å². The smallest absolute Gasteiger partial charge is 0.280 e. The van der Waals surface area contributed by atoms with E-state index < -0.39 is 48.4 Å². The minimum absolute atomic E-state index is 0.00656. The molecule has 5 aromatic rings. The van der Waals surface area contributed by atoms with Crippen molar-refractivity contribution in [3.63, 3.8) is 0 Å². The Labute approximate surface area is 371 Å². The molecule has 63 heavy (non-hydrogen) atoms. The monoisotopic (exact) mass is 896 g/mol. The Kier molecular flexibility index (Phi) is 14.9. The second-order valence-electron chi connectivity index (χ2n) is 15.9. The summed E-state index contributed by atoms with van der Waals surface area (Å²) in [5, 5.41) is 30.0. The third-order valence-electron chi connectivity index (χ3n) is 10.9. The molecular formula is C44H53N10O7PS. The van der Waals surface area contributed by atoms with Crippen LogP contribution in [0.3, 0.4) is 0 Å². The molecule has 5 N–H and O–H groups in total. The summed E-state index contributed by atoms with van der Waals surface area (Å²) in [5.74, 6) is -0.700. The quantitative estimate of drug-likeness (QED) is 0.0248. The van der Waals surface area contributed by atoms with Crippen molar-refractivity contribution in [2.24, 2.45) is 10.9 Å². The third kappa shape index (κ3) is 10.6. The molecule has 0 bridgehead atoms. The predicted octanol–water partition coefficient (Wildman–Crippen LogP) is 4.78. The van der Waals surface area contributed by atoms with E-state index in [0.29, 0.717) is 6.42 Å². The number of aliphatic hydroxyl groups excluding tert-OH is 1. The second-order valence-corrected chi connectivity index (χ2v) is 19.1. The lowest BCUT2D eigenvalue weighted by atomic mass is 9.76. The Hall–Kier alpha value is -5.19. The van der Waals surface area contributed by atoms with Gasteiger partial charge in [0, 0.05) is 44.9 Å². The maximum absolute atomic E-state index is 13.0. The zero-order valence-corrected chi connectivity index (χ0v) is 37.2. The predicted molar refractivity (Wildman–Crippen MR) is 242 cm³/mol. The topological polar surface area (TPSA) is 213 Å². The fourth-order valence-corrected chi connectivity index (χ4v) is 10.2. The van der Waals surface area contributed by atoms with E-state index in [9.17, 15) is 20.0 Å². The molecule has 0 radical (unpaired) electrons. The molecule has 0 aliphatic carbocycles. The van der Waals surface area contributed by atoms with Crippen molar-refractivity contribution >= 4 is 47.8 Å². The number of fused-ring (bicyclic) bond motifs is 1. The van der Waals surface area contributed by atoms with Crippen molar-refractivity contribution in [3.05, 3.63) is 124 Å². The number of hydrogen-bond acceptors (Lipinski definition) is 13. The molecule has 2 saturated heterocycles. The molecule has 7 rings (SSSR count). The number of hydrogen-bond donors (Lipinski definition) is 5. The SMILES string of the molecule is CC(C)C(=O)Nc1nc2c(ncn2C2CC(NP(=S)(OCCC#N)OCC3OC(/N=C\N(C)C)CC3NC(c3ccccc3)(c3ccccc3)c3ccccc3)C(CO)O2)c(=O)[nH]1. The molecule has 2 aliphatic rings. The van der Waals surface area contributed by atoms with Gasteiger partial charge in [0.15, 0.2) is 17.4 Å². The first-order valence-electron chi connectivity index (χ1n) is 20.8. The average Bonchev–Trinajstić information content (AvgIpc) is 4.01. The normalized spacial score (nSPS) is 22.4. The number of rotatable bonds is 19. The average molecular weight is 897 g/mol. The Balaban J connectivity index is 1.17. The number of nitrogens with one attached hydrogen (secondary N) is 4. The van der Waals surface area contributed by atoms with Gasteiger partial charge in [-0.2, -0.15) is 10.2 Å². The van der Waals surface area contributed by atoms with E-state index in [1.54, 1.807) is 24.8 Å². The van der Waals surface area contributed by atoms with Gasteiger partial charge < -0.3 is 28.5 Å². The van der Waals surface area contributed by atoms with Gasteiger partial charge in [-0.15, -0.1) is 0 Å². The number of H-pyrrole nitrogens is 1. The van der Waals surface area contributed by atoms with Crippen molar-refractivity contribution in [3.8, 4) is 6.07 Å². The van der Waals surface area contributed by atoms with Crippen LogP contribution < -0.4 is 21.3 Å². The number of ether oxygens (including phenoxy) is 2. The van der Waals surface area contributed by atoms with Crippen LogP contribution >= 0.6 is 6.64 Å². The highest BCUT2D eigenvalue weighted by molar-refractivity contribution is 8.09. The van der Waals surface area contributed by atoms with Crippen LogP contribution in [0.1, 0.15) is 56.0 Å². The maximum Gasteiger partial charge on any atom is 0.280 e. The summed E-state index contributed by atoms with van der Waals surface area (Å²) in [5.41, 5.74) is 1.97. The Morgan fingerprint density at radius 1 is 1.03 bits per heavy atom. The Morgan fingerprint density at radius 3 is 2.24 bits per heavy atom. The van der Waals surface area contributed by atoms with Crippen LogP contribution in [0.5, 0.6) is 0 Å². The number of nitriles is 1. The highest BCUT2D eigenvalue weighted by atomic mass is 32.5. The summed E-state index contributed by atoms with van der Waals surface area (Å²) >= 11 is 6.17. The maximum atomic E-state index is 13.0. The first kappa shape index (κ1) is 45.8. The number of aliphatic imine (C=N–C) groups is 1. The first-order chi connectivity index (χ1) is 30.4. The minimum Gasteiger partial charge on any atom is -0.394 e. The van der Waals surface area contributed by atoms with Gasteiger partial charge in [-0.05, 0) is 28.5 Å². The van der Waals surface area contributed by atoms with Crippen molar-refractivity contribution in [2.45, 2.75) is 75.4 Å². The van der Waals surface area contributed by atoms with Gasteiger partial charge in [0.05, 0.1) is 62.7 Å². The zero-order valence-electron chi connectivity index (χ0n) is 35.5. The van der Waals surface area contributed by atoms with Crippen LogP contribution in [-0.2, 0) is 40.7 Å². The fraction of sp³-hybridized carbons (Fsp3) is 0.409. The number of amides is 1. The van der Waals surface area contributed by atoms with E-state index in [1.165, 1.54) is 6.33 Å². The van der Waals surface area contributed by atoms with E-state index in [4.69, 9.17) is 35.3 Å². The van der Waals surface area contributed by atoms with E-state index in [1.807, 2.05) is 73.6 Å². The summed E-state index contributed by atoms with van der Waals surface area (Å²) in [6.45, 7) is -0.409. The molecule has 1 amide bonds. The Bertz CT molecular complexity index is 2390. The number of carbonyl (C=O) groups excluding carboxylic acids is 1. The number of aromatic amines is 1. The van der Waals surface area contributed by atoms with E-state index in [-0.39, 0.29) is 67.6 Å². The van der Waals surface area contributed by atoms with Gasteiger partial charge in [-0.3, -0.25) is 29.8 Å². The van der Waals surface area contributed by atoms with Gasteiger partial charge >= 0.3 is 0 Å². The van der Waals surface area contributed by atoms with Crippen LogP contribution in [0.25, 0.3) is 11.2 Å². The van der Waals surface area contributed by atoms with E-state index in [2.05, 4.69) is 73.1 Å². The highest BCUT2D eigenvalue weighted by Crippen LogP contribution is 2.48. The van der Waals surface area contributed by atoms with Crippen LogP contribution in [0.15, 0.2) is 107 Å². The van der Waals surface area contributed by atoms with Crippen LogP contribution in [0.4, 0.5) is 5.95 Å². The van der Waals surface area contributed by atoms with E-state index >= 15 is 0 Å². The number of aliphatic hydroxyl groups is 1. The molecule has 2 fully saturated rings. The molecular weight excluding hydrogens is 844 g/mol. The summed E-state index contributed by atoms with van der Waals surface area (Å²) in [6, 6.07) is 32.0. The van der Waals surface area contributed by atoms with Gasteiger partial charge in [0.25, 0.3) is 12.2 Å². The third-order valence-corrected chi connectivity index (χ3v) is 13.5. The largest absolute Gasteiger partial charge is 0.394 e. The molecule has 4 heterocycles. The van der Waals surface area contributed by atoms with Crippen LogP contribution in [0.2, 0.25) is 0 Å². The molecule has 3 aromatic carbocycles. The van der Waals surface area contributed by atoms with Crippen molar-refractivity contribution in [2.75, 3.05) is 39.2 Å². The van der Waals surface area contributed by atoms with Gasteiger partial charge in [0.1, 0.15) is 6.23 Å². The molecule has 332 valence electrons. The van der Waals surface area contributed by atoms with Gasteiger partial charge in [-0.25, -0.2) is 15.1 Å². The number of benzene rings is 3. The van der Waals surface area contributed by atoms with Crippen LogP contribution in [-0.4, -0.2) is 106 Å². The van der Waals surface area contributed by atoms with E-state index in [0.717, 1.165) is 16.7 Å². The second kappa shape index (κ2) is 20.5. The summed E-state index contributed by atoms with van der Waals surface area (Å²) in [7, 11) is 3.79. The van der Waals surface area contributed by atoms with Crippen molar-refractivity contribution in [1.82, 2.24) is 34.8 Å². The summed E-state index contributed by atoms with van der Waals surface area (Å²) in [6.07, 6.45) is 1.32. The molecule has 0 saturated carbocycles. The van der Waals surface area contributed by atoms with Crippen molar-refractivity contribution in [1.29, 1.82) is 5.26 Å². The lowest BCUT2D eigenvalue weighted by molar-refractivity contribution is -0.118. The highest BCUT2D eigenvalue weighted by Gasteiger charge is 2.46. The minimum atomic E-state index is -3.45. The number of imidazole rings is 1. The lowest BCUT2D eigenvalue weighted by Crippen LogP contribution is -2.53. The molecule has 0 spiro atoms. The molecule has 7 atom stereocenters. The Morgan fingerprint density at radius 2 is 1.67 bits per heavy atom. The summed E-state index contributed by atoms with van der Waals surface area (Å²) < 4.78 is 27.4. The van der Waals surface area contributed by atoms with Gasteiger partial charge in [-0.1, -0.05) is 105 Å². The fourth-order valence-electron chi connectivity index (χ4n) is 7.79. The molecule has 2 aliphatic heterocycles. The number of aromatic nitrogens is 4. The summed E-state index contributed by atoms with van der Waals surface area (Å²) in [4.78, 5) is 43.3. The first-order valence-corrected chi connectivity index (χ1v) is 23.4. The number of anilines is 1. The number of nitrogens with zero attached hydrogens (tertiary/aromatic N) is 6.